The van der Waals surface area contributed by atoms with Crippen molar-refractivity contribution < 1.29 is 9.53 Å². The molecule has 2 atom stereocenters. The van der Waals surface area contributed by atoms with Crippen molar-refractivity contribution >= 4 is 5.97 Å². The lowest BCUT2D eigenvalue weighted by Crippen LogP contribution is -2.48. The van der Waals surface area contributed by atoms with Crippen molar-refractivity contribution in [2.45, 2.75) is 45.4 Å². The third-order valence-corrected chi connectivity index (χ3v) is 4.95. The second kappa shape index (κ2) is 3.12. The van der Waals surface area contributed by atoms with Gasteiger partial charge < -0.3 is 4.74 Å². The van der Waals surface area contributed by atoms with Crippen LogP contribution in [0.1, 0.15) is 44.2 Å². The largest absolute Gasteiger partial charge is 0.426 e. The highest BCUT2D eigenvalue weighted by Gasteiger charge is 2.58. The Morgan fingerprint density at radius 2 is 1.88 bits per heavy atom. The van der Waals surface area contributed by atoms with Gasteiger partial charge in [-0.05, 0) is 32.8 Å². The number of aryl methyl sites for hydroxylation is 1. The average molecular weight is 230 g/mol. The maximum Gasteiger partial charge on any atom is 0.318 e. The number of carbonyl (C=O) groups excluding carboxylic acids is 1. The van der Waals surface area contributed by atoms with Gasteiger partial charge in [0, 0.05) is 11.0 Å². The normalized spacial score (nSPS) is 35.1. The predicted molar refractivity (Wildman–Crippen MR) is 66.1 cm³/mol. The lowest BCUT2D eigenvalue weighted by atomic mass is 9.62. The molecule has 0 amide bonds. The van der Waals surface area contributed by atoms with E-state index in [1.54, 1.807) is 0 Å². The van der Waals surface area contributed by atoms with Crippen molar-refractivity contribution in [3.63, 3.8) is 0 Å². The number of ether oxygens (including phenoxy) is 1. The Bertz CT molecular complexity index is 506. The van der Waals surface area contributed by atoms with Crippen molar-refractivity contribution in [2.24, 2.45) is 5.41 Å². The first kappa shape index (κ1) is 10.8. The molecule has 0 bridgehead atoms. The Hall–Kier alpha value is -1.31. The smallest absolute Gasteiger partial charge is 0.318 e. The minimum atomic E-state index is -0.339. The van der Waals surface area contributed by atoms with Gasteiger partial charge in [-0.3, -0.25) is 4.79 Å². The molecule has 1 fully saturated rings. The zero-order chi connectivity index (χ0) is 12.3. The summed E-state index contributed by atoms with van der Waals surface area (Å²) in [5.74, 6) is 0.719. The number of rotatable bonds is 0. The van der Waals surface area contributed by atoms with Gasteiger partial charge >= 0.3 is 5.97 Å². The van der Waals surface area contributed by atoms with Gasteiger partial charge in [-0.25, -0.2) is 0 Å². The molecule has 2 unspecified atom stereocenters. The summed E-state index contributed by atoms with van der Waals surface area (Å²) in [6.07, 6.45) is 3.13. The van der Waals surface area contributed by atoms with Gasteiger partial charge in [0.2, 0.25) is 0 Å². The van der Waals surface area contributed by atoms with Crippen LogP contribution in [0.5, 0.6) is 5.75 Å². The van der Waals surface area contributed by atoms with Crippen molar-refractivity contribution in [3.8, 4) is 5.75 Å². The van der Waals surface area contributed by atoms with E-state index in [0.717, 1.165) is 25.0 Å². The molecule has 1 saturated carbocycles. The number of fused-ring (bicyclic) bond motifs is 3. The second-order valence-corrected chi connectivity index (χ2v) is 5.91. The lowest BCUT2D eigenvalue weighted by molar-refractivity contribution is -0.150. The SMILES string of the molecule is Cc1ccc2c(c1)C1(C)CCCC1(C)C(=O)O2. The van der Waals surface area contributed by atoms with E-state index in [4.69, 9.17) is 4.74 Å². The highest BCUT2D eigenvalue weighted by atomic mass is 16.5. The fraction of sp³-hybridized carbons (Fsp3) is 0.533. The van der Waals surface area contributed by atoms with Crippen LogP contribution in [0.4, 0.5) is 0 Å². The minimum Gasteiger partial charge on any atom is -0.426 e. The average Bonchev–Trinajstić information content (AvgIpc) is 2.60. The number of hydrogen-bond acceptors (Lipinski definition) is 2. The molecule has 0 aromatic heterocycles. The summed E-state index contributed by atoms with van der Waals surface area (Å²) in [5.41, 5.74) is 2.06. The molecule has 1 heterocycles. The molecule has 1 aromatic carbocycles. The number of carbonyl (C=O) groups is 1. The van der Waals surface area contributed by atoms with Gasteiger partial charge in [-0.15, -0.1) is 0 Å². The third kappa shape index (κ3) is 1.18. The van der Waals surface area contributed by atoms with Gasteiger partial charge in [-0.1, -0.05) is 31.0 Å². The summed E-state index contributed by atoms with van der Waals surface area (Å²) in [5, 5.41) is 0. The predicted octanol–water partition coefficient (Wildman–Crippen LogP) is 3.36. The van der Waals surface area contributed by atoms with Crippen LogP contribution in [-0.2, 0) is 10.2 Å². The number of hydrogen-bond donors (Lipinski definition) is 0. The zero-order valence-corrected chi connectivity index (χ0v) is 10.7. The van der Waals surface area contributed by atoms with Crippen LogP contribution in [-0.4, -0.2) is 5.97 Å². The van der Waals surface area contributed by atoms with E-state index in [1.165, 1.54) is 11.1 Å². The Morgan fingerprint density at radius 3 is 2.65 bits per heavy atom. The molecule has 2 aliphatic rings. The van der Waals surface area contributed by atoms with Crippen molar-refractivity contribution in [2.75, 3.05) is 0 Å². The Morgan fingerprint density at radius 1 is 1.18 bits per heavy atom. The molecular weight excluding hydrogens is 212 g/mol. The van der Waals surface area contributed by atoms with Gasteiger partial charge in [0.25, 0.3) is 0 Å². The van der Waals surface area contributed by atoms with Gasteiger partial charge in [0.15, 0.2) is 0 Å². The van der Waals surface area contributed by atoms with Crippen LogP contribution in [0.2, 0.25) is 0 Å². The van der Waals surface area contributed by atoms with Crippen molar-refractivity contribution in [1.82, 2.24) is 0 Å². The van der Waals surface area contributed by atoms with Crippen LogP contribution in [0.25, 0.3) is 0 Å². The van der Waals surface area contributed by atoms with E-state index in [9.17, 15) is 4.79 Å². The summed E-state index contributed by atoms with van der Waals surface area (Å²) >= 11 is 0. The van der Waals surface area contributed by atoms with Crippen LogP contribution < -0.4 is 4.74 Å². The van der Waals surface area contributed by atoms with E-state index >= 15 is 0 Å². The van der Waals surface area contributed by atoms with E-state index in [0.29, 0.717) is 0 Å². The van der Waals surface area contributed by atoms with Gasteiger partial charge in [0.1, 0.15) is 5.75 Å². The monoisotopic (exact) mass is 230 g/mol. The molecule has 0 radical (unpaired) electrons. The highest BCUT2D eigenvalue weighted by Crippen LogP contribution is 2.59. The molecular formula is C15H18O2. The van der Waals surface area contributed by atoms with Gasteiger partial charge in [-0.2, -0.15) is 0 Å². The highest BCUT2D eigenvalue weighted by molar-refractivity contribution is 5.84. The van der Waals surface area contributed by atoms with Crippen molar-refractivity contribution in [3.05, 3.63) is 29.3 Å². The molecule has 2 nitrogen and oxygen atoms in total. The quantitative estimate of drug-likeness (QED) is 0.504. The third-order valence-electron chi connectivity index (χ3n) is 4.95. The van der Waals surface area contributed by atoms with E-state index in [1.807, 2.05) is 12.1 Å². The van der Waals surface area contributed by atoms with Gasteiger partial charge in [0.05, 0.1) is 5.41 Å². The first-order valence-corrected chi connectivity index (χ1v) is 6.31. The summed E-state index contributed by atoms with van der Waals surface area (Å²) in [6.45, 7) is 6.37. The fourth-order valence-corrected chi connectivity index (χ4v) is 3.48. The van der Waals surface area contributed by atoms with E-state index < -0.39 is 0 Å². The van der Waals surface area contributed by atoms with Crippen LogP contribution in [0.3, 0.4) is 0 Å². The fourth-order valence-electron chi connectivity index (χ4n) is 3.48. The molecule has 1 aromatic rings. The molecule has 0 N–H and O–H groups in total. The topological polar surface area (TPSA) is 26.3 Å². The lowest BCUT2D eigenvalue weighted by Gasteiger charge is -2.44. The molecule has 0 saturated heterocycles. The van der Waals surface area contributed by atoms with Crippen LogP contribution in [0.15, 0.2) is 18.2 Å². The molecule has 3 rings (SSSR count). The van der Waals surface area contributed by atoms with Crippen molar-refractivity contribution in [1.29, 1.82) is 0 Å². The zero-order valence-electron chi connectivity index (χ0n) is 10.7. The first-order chi connectivity index (χ1) is 7.97. The summed E-state index contributed by atoms with van der Waals surface area (Å²) in [4.78, 5) is 12.2. The Balaban J connectivity index is 2.27. The minimum absolute atomic E-state index is 0.0474. The standard InChI is InChI=1S/C15H18O2/c1-10-5-6-12-11(9-10)14(2)7-4-8-15(14,3)13(16)17-12/h5-6,9H,4,7-8H2,1-3H3. The van der Waals surface area contributed by atoms with Crippen LogP contribution >= 0.6 is 0 Å². The summed E-state index contributed by atoms with van der Waals surface area (Å²) < 4.78 is 5.53. The molecule has 1 aliphatic carbocycles. The molecule has 2 heteroatoms. The first-order valence-electron chi connectivity index (χ1n) is 6.31. The molecule has 1 aliphatic heterocycles. The summed E-state index contributed by atoms with van der Waals surface area (Å²) in [6, 6.07) is 6.13. The second-order valence-electron chi connectivity index (χ2n) is 5.91. The molecule has 17 heavy (non-hydrogen) atoms. The Labute approximate surface area is 102 Å². The summed E-state index contributed by atoms with van der Waals surface area (Å²) in [7, 11) is 0. The number of benzene rings is 1. The van der Waals surface area contributed by atoms with E-state index in [2.05, 4.69) is 26.8 Å². The molecule has 0 spiro atoms. The van der Waals surface area contributed by atoms with E-state index in [-0.39, 0.29) is 16.8 Å². The number of esters is 1. The maximum absolute atomic E-state index is 12.2. The maximum atomic E-state index is 12.2. The molecule has 90 valence electrons. The Kier molecular flexibility index (Phi) is 1.99. The van der Waals surface area contributed by atoms with Crippen LogP contribution in [0, 0.1) is 12.3 Å².